The molecule has 0 bridgehead atoms. The normalized spacial score (nSPS) is 25.8. The van der Waals surface area contributed by atoms with Crippen LogP contribution < -0.4 is 5.69 Å². The van der Waals surface area contributed by atoms with Gasteiger partial charge in [0.05, 0.1) is 15.9 Å². The van der Waals surface area contributed by atoms with Gasteiger partial charge in [0, 0.05) is 43.5 Å². The summed E-state index contributed by atoms with van der Waals surface area (Å²) >= 11 is 3.31. The average Bonchev–Trinajstić information content (AvgIpc) is 3.17. The van der Waals surface area contributed by atoms with E-state index in [0.29, 0.717) is 28.3 Å². The Kier molecular flexibility index (Phi) is 4.15. The Morgan fingerprint density at radius 1 is 1.07 bits per heavy atom. The van der Waals surface area contributed by atoms with Crippen molar-refractivity contribution in [2.75, 3.05) is 13.1 Å². The summed E-state index contributed by atoms with van der Waals surface area (Å²) in [7, 11) is -0.667. The van der Waals surface area contributed by atoms with Crippen molar-refractivity contribution in [2.24, 2.45) is 19.5 Å². The van der Waals surface area contributed by atoms with Gasteiger partial charge in [0.25, 0.3) is 5.92 Å². The molecule has 27 heavy (non-hydrogen) atoms. The van der Waals surface area contributed by atoms with Crippen molar-refractivity contribution in [2.45, 2.75) is 36.5 Å². The third kappa shape index (κ3) is 2.71. The number of aryl methyl sites for hydroxylation is 2. The zero-order valence-electron chi connectivity index (χ0n) is 15.0. The first-order valence-corrected chi connectivity index (χ1v) is 11.0. The zero-order valence-corrected chi connectivity index (χ0v) is 17.4. The van der Waals surface area contributed by atoms with Gasteiger partial charge in [-0.3, -0.25) is 9.13 Å². The molecule has 10 heteroatoms. The van der Waals surface area contributed by atoms with Crippen molar-refractivity contribution in [1.29, 1.82) is 0 Å². The number of benzene rings is 1. The SMILES string of the molecule is Cn1c(=O)n(C)c2cc(S(=O)(=O)N3CCCC4(CC3)CC4(F)F)c(Br)cc21. The van der Waals surface area contributed by atoms with Gasteiger partial charge in [-0.1, -0.05) is 0 Å². The molecular formula is C17H20BrF2N3O3S. The quantitative estimate of drug-likeness (QED) is 0.687. The highest BCUT2D eigenvalue weighted by molar-refractivity contribution is 9.10. The summed E-state index contributed by atoms with van der Waals surface area (Å²) in [5, 5.41) is 0. The van der Waals surface area contributed by atoms with Gasteiger partial charge in [0.2, 0.25) is 10.0 Å². The van der Waals surface area contributed by atoms with E-state index in [1.165, 1.54) is 19.5 Å². The second-order valence-electron chi connectivity index (χ2n) is 7.59. The third-order valence-corrected chi connectivity index (χ3v) is 8.91. The van der Waals surface area contributed by atoms with Gasteiger partial charge in [-0.05, 0) is 47.3 Å². The fraction of sp³-hybridized carbons (Fsp3) is 0.588. The van der Waals surface area contributed by atoms with Crippen molar-refractivity contribution < 1.29 is 17.2 Å². The highest BCUT2D eigenvalue weighted by Crippen LogP contribution is 2.65. The number of sulfonamides is 1. The van der Waals surface area contributed by atoms with E-state index in [1.54, 1.807) is 20.2 Å². The van der Waals surface area contributed by atoms with Crippen molar-refractivity contribution in [3.8, 4) is 0 Å². The minimum Gasteiger partial charge on any atom is -0.295 e. The van der Waals surface area contributed by atoms with Crippen molar-refractivity contribution in [3.05, 3.63) is 27.1 Å². The second-order valence-corrected chi connectivity index (χ2v) is 10.4. The number of aromatic nitrogens is 2. The molecule has 0 radical (unpaired) electrons. The van der Waals surface area contributed by atoms with Crippen LogP contribution in [0.5, 0.6) is 0 Å². The third-order valence-electron chi connectivity index (χ3n) is 6.06. The summed E-state index contributed by atoms with van der Waals surface area (Å²) in [6.07, 6.45) is 0.788. The molecule has 1 saturated carbocycles. The average molecular weight is 464 g/mol. The molecular weight excluding hydrogens is 444 g/mol. The van der Waals surface area contributed by atoms with Crippen LogP contribution in [0.3, 0.4) is 0 Å². The molecule has 148 valence electrons. The second kappa shape index (κ2) is 5.87. The minimum absolute atomic E-state index is 0.0507. The molecule has 1 unspecified atom stereocenters. The minimum atomic E-state index is -3.87. The first-order valence-electron chi connectivity index (χ1n) is 8.73. The summed E-state index contributed by atoms with van der Waals surface area (Å²) in [5.74, 6) is -2.67. The van der Waals surface area contributed by atoms with Crippen LogP contribution in [-0.4, -0.2) is 40.9 Å². The van der Waals surface area contributed by atoms with Crippen molar-refractivity contribution in [3.63, 3.8) is 0 Å². The standard InChI is InChI=1S/C17H20BrF2N3O3S/c1-21-12-8-11(18)14(9-13(12)22(2)15(21)24)27(25,26)23-6-3-4-16(5-7-23)10-17(16,19)20/h8-9H,3-7,10H2,1-2H3. The first-order chi connectivity index (χ1) is 12.5. The fourth-order valence-electron chi connectivity index (χ4n) is 4.17. The molecule has 2 aromatic rings. The van der Waals surface area contributed by atoms with Crippen LogP contribution in [-0.2, 0) is 24.1 Å². The lowest BCUT2D eigenvalue weighted by Gasteiger charge is -2.21. The molecule has 1 aromatic carbocycles. The fourth-order valence-corrected chi connectivity index (χ4v) is 6.66. The highest BCUT2D eigenvalue weighted by Gasteiger charge is 2.70. The molecule has 2 aliphatic rings. The molecule has 1 aliphatic carbocycles. The Balaban J connectivity index is 1.73. The molecule has 2 heterocycles. The van der Waals surface area contributed by atoms with E-state index in [1.807, 2.05) is 0 Å². The number of fused-ring (bicyclic) bond motifs is 1. The summed E-state index contributed by atoms with van der Waals surface area (Å²) in [6, 6.07) is 3.08. The topological polar surface area (TPSA) is 64.3 Å². The number of hydrogen-bond donors (Lipinski definition) is 0. The molecule has 1 saturated heterocycles. The maximum Gasteiger partial charge on any atom is 0.328 e. The molecule has 6 nitrogen and oxygen atoms in total. The van der Waals surface area contributed by atoms with Gasteiger partial charge in [0.1, 0.15) is 0 Å². The Morgan fingerprint density at radius 3 is 2.26 bits per heavy atom. The van der Waals surface area contributed by atoms with Gasteiger partial charge in [-0.25, -0.2) is 22.0 Å². The van der Waals surface area contributed by atoms with E-state index >= 15 is 0 Å². The van der Waals surface area contributed by atoms with E-state index in [9.17, 15) is 22.0 Å². The molecule has 1 spiro atoms. The molecule has 4 rings (SSSR count). The molecule has 1 atom stereocenters. The van der Waals surface area contributed by atoms with E-state index < -0.39 is 21.4 Å². The summed E-state index contributed by atoms with van der Waals surface area (Å²) in [5.41, 5.74) is -0.161. The monoisotopic (exact) mass is 463 g/mol. The number of rotatable bonds is 2. The van der Waals surface area contributed by atoms with E-state index in [-0.39, 0.29) is 36.5 Å². The van der Waals surface area contributed by atoms with Crippen LogP contribution in [0.2, 0.25) is 0 Å². The van der Waals surface area contributed by atoms with Crippen LogP contribution in [0.1, 0.15) is 25.7 Å². The number of halogens is 3. The molecule has 0 N–H and O–H groups in total. The van der Waals surface area contributed by atoms with Crippen LogP contribution >= 0.6 is 15.9 Å². The summed E-state index contributed by atoms with van der Waals surface area (Å²) in [4.78, 5) is 12.2. The van der Waals surface area contributed by atoms with E-state index in [4.69, 9.17) is 0 Å². The summed E-state index contributed by atoms with van der Waals surface area (Å²) in [6.45, 7) is 0.300. The Morgan fingerprint density at radius 2 is 1.67 bits per heavy atom. The lowest BCUT2D eigenvalue weighted by Crippen LogP contribution is -2.32. The van der Waals surface area contributed by atoms with Crippen LogP contribution in [0.25, 0.3) is 11.0 Å². The van der Waals surface area contributed by atoms with Gasteiger partial charge in [-0.15, -0.1) is 0 Å². The van der Waals surface area contributed by atoms with Gasteiger partial charge in [-0.2, -0.15) is 4.31 Å². The predicted molar refractivity (Wildman–Crippen MR) is 100 cm³/mol. The van der Waals surface area contributed by atoms with Crippen LogP contribution in [0, 0.1) is 5.41 Å². The maximum atomic E-state index is 13.7. The lowest BCUT2D eigenvalue weighted by molar-refractivity contribution is 0.0582. The Bertz CT molecular complexity index is 1110. The van der Waals surface area contributed by atoms with Gasteiger partial charge < -0.3 is 0 Å². The molecule has 0 amide bonds. The Labute approximate surface area is 163 Å². The van der Waals surface area contributed by atoms with Gasteiger partial charge in [0.15, 0.2) is 0 Å². The van der Waals surface area contributed by atoms with E-state index in [0.717, 1.165) is 0 Å². The number of alkyl halides is 2. The van der Waals surface area contributed by atoms with E-state index in [2.05, 4.69) is 15.9 Å². The number of imidazole rings is 1. The smallest absolute Gasteiger partial charge is 0.295 e. The predicted octanol–water partition coefficient (Wildman–Crippen LogP) is 2.84. The van der Waals surface area contributed by atoms with Crippen LogP contribution in [0.15, 0.2) is 26.3 Å². The van der Waals surface area contributed by atoms with Crippen LogP contribution in [0.4, 0.5) is 8.78 Å². The maximum absolute atomic E-state index is 13.7. The number of hydrogen-bond acceptors (Lipinski definition) is 3. The first kappa shape index (κ1) is 19.1. The largest absolute Gasteiger partial charge is 0.328 e. The lowest BCUT2D eigenvalue weighted by atomic mass is 9.97. The molecule has 1 aliphatic heterocycles. The van der Waals surface area contributed by atoms with Crippen molar-refractivity contribution >= 4 is 37.0 Å². The summed E-state index contributed by atoms with van der Waals surface area (Å²) < 4.78 is 58.3. The highest BCUT2D eigenvalue weighted by atomic mass is 79.9. The Hall–Kier alpha value is -1.26. The van der Waals surface area contributed by atoms with Crippen molar-refractivity contribution in [1.82, 2.24) is 13.4 Å². The van der Waals surface area contributed by atoms with Gasteiger partial charge >= 0.3 is 5.69 Å². The molecule has 2 fully saturated rings. The zero-order chi connectivity index (χ0) is 19.8. The number of nitrogens with zero attached hydrogens (tertiary/aromatic N) is 3. The molecule has 1 aromatic heterocycles.